The van der Waals surface area contributed by atoms with Gasteiger partial charge in [0.15, 0.2) is 8.24 Å². The molecule has 0 spiro atoms. The number of para-hydroxylation sites is 1. The molecule has 0 bridgehead atoms. The normalized spacial score (nSPS) is 19.3. The number of benzene rings is 1. The van der Waals surface area contributed by atoms with Crippen LogP contribution in [0.2, 0.25) is 16.6 Å². The van der Waals surface area contributed by atoms with Gasteiger partial charge in [-0.25, -0.2) is 0 Å². The van der Waals surface area contributed by atoms with Crippen molar-refractivity contribution in [1.82, 2.24) is 4.23 Å². The quantitative estimate of drug-likeness (QED) is 0.445. The van der Waals surface area contributed by atoms with E-state index >= 15 is 0 Å². The fourth-order valence-corrected chi connectivity index (χ4v) is 12.9. The Balaban J connectivity index is 2.32. The van der Waals surface area contributed by atoms with Crippen LogP contribution < -0.4 is 5.46 Å². The van der Waals surface area contributed by atoms with Crippen molar-refractivity contribution in [3.63, 3.8) is 0 Å². The third-order valence-corrected chi connectivity index (χ3v) is 14.9. The van der Waals surface area contributed by atoms with Crippen LogP contribution in [-0.4, -0.2) is 30.8 Å². The van der Waals surface area contributed by atoms with Gasteiger partial charge in [0, 0.05) is 9.94 Å². The molecule has 0 atom stereocenters. The molecule has 0 saturated carbocycles. The number of halogens is 1. The van der Waals surface area contributed by atoms with Gasteiger partial charge in [-0.15, -0.1) is 0 Å². The molecule has 0 unspecified atom stereocenters. The second kappa shape index (κ2) is 7.54. The Hall–Kier alpha value is -0.558. The maximum absolute atomic E-state index is 6.47. The molecule has 0 radical (unpaired) electrons. The first kappa shape index (κ1) is 23.1. The molecule has 2 aromatic rings. The second-order valence-electron chi connectivity index (χ2n) is 10.5. The van der Waals surface area contributed by atoms with Crippen molar-refractivity contribution in [2.45, 2.75) is 97.1 Å². The van der Waals surface area contributed by atoms with E-state index in [1.54, 1.807) is 0 Å². The van der Waals surface area contributed by atoms with Crippen molar-refractivity contribution < 1.29 is 9.31 Å². The minimum atomic E-state index is -1.93. The zero-order chi connectivity index (χ0) is 21.9. The van der Waals surface area contributed by atoms with Gasteiger partial charge in [-0.3, -0.25) is 0 Å². The van der Waals surface area contributed by atoms with Crippen molar-refractivity contribution in [2.75, 3.05) is 0 Å². The van der Waals surface area contributed by atoms with Crippen LogP contribution in [0.4, 0.5) is 0 Å². The minimum Gasteiger partial charge on any atom is -0.399 e. The molecule has 160 valence electrons. The largest absolute Gasteiger partial charge is 0.497 e. The lowest BCUT2D eigenvalue weighted by molar-refractivity contribution is 0.00578. The predicted molar refractivity (Wildman–Crippen MR) is 132 cm³/mol. The molecule has 1 aromatic heterocycles. The van der Waals surface area contributed by atoms with Gasteiger partial charge in [-0.2, -0.15) is 0 Å². The molecule has 6 heteroatoms. The minimum absolute atomic E-state index is 0.346. The second-order valence-corrected chi connectivity index (χ2v) is 17.1. The Kier molecular flexibility index (Phi) is 6.01. The molecule has 1 saturated heterocycles. The highest BCUT2D eigenvalue weighted by Crippen LogP contribution is 2.45. The van der Waals surface area contributed by atoms with Crippen molar-refractivity contribution >= 4 is 47.6 Å². The van der Waals surface area contributed by atoms with Crippen molar-refractivity contribution in [3.05, 3.63) is 28.9 Å². The van der Waals surface area contributed by atoms with Crippen molar-refractivity contribution in [3.8, 4) is 0 Å². The van der Waals surface area contributed by atoms with E-state index < -0.39 is 8.24 Å². The topological polar surface area (TPSA) is 23.4 Å². The first-order valence-electron chi connectivity index (χ1n) is 10.9. The molecule has 1 aromatic carbocycles. The molecule has 3 nitrogen and oxygen atoms in total. The SMILES string of the molecule is CC(C)[Si](C(C)C)(C(C)C)n1cc(B2OC(C)(C)C(C)(C)O2)c2cccc(Br)c21. The fourth-order valence-electron chi connectivity index (χ4n) is 5.56. The Morgan fingerprint density at radius 1 is 0.897 bits per heavy atom. The maximum atomic E-state index is 6.47. The van der Waals surface area contributed by atoms with Crippen LogP contribution in [0.25, 0.3) is 10.9 Å². The third kappa shape index (κ3) is 3.38. The first-order chi connectivity index (χ1) is 13.3. The number of aromatic nitrogens is 1. The van der Waals surface area contributed by atoms with Crippen LogP contribution in [0, 0.1) is 0 Å². The Morgan fingerprint density at radius 2 is 1.38 bits per heavy atom. The summed E-state index contributed by atoms with van der Waals surface area (Å²) in [6.45, 7) is 22.9. The van der Waals surface area contributed by atoms with Crippen LogP contribution in [0.1, 0.15) is 69.2 Å². The Morgan fingerprint density at radius 3 is 1.83 bits per heavy atom. The lowest BCUT2D eigenvalue weighted by Crippen LogP contribution is -2.52. The Bertz CT molecular complexity index is 866. The number of rotatable bonds is 5. The lowest BCUT2D eigenvalue weighted by Gasteiger charge is -2.44. The van der Waals surface area contributed by atoms with E-state index in [0.717, 1.165) is 9.94 Å². The summed E-state index contributed by atoms with van der Waals surface area (Å²) in [4.78, 5) is 0. The van der Waals surface area contributed by atoms with Gasteiger partial charge in [-0.05, 0) is 77.9 Å². The van der Waals surface area contributed by atoms with Crippen LogP contribution in [-0.2, 0) is 9.31 Å². The van der Waals surface area contributed by atoms with Crippen LogP contribution in [0.15, 0.2) is 28.9 Å². The zero-order valence-electron chi connectivity index (χ0n) is 19.8. The van der Waals surface area contributed by atoms with Crippen LogP contribution >= 0.6 is 15.9 Å². The van der Waals surface area contributed by atoms with Crippen LogP contribution in [0.3, 0.4) is 0 Å². The molecule has 1 fully saturated rings. The van der Waals surface area contributed by atoms with E-state index in [1.165, 1.54) is 10.9 Å². The molecule has 2 heterocycles. The molecule has 1 aliphatic heterocycles. The van der Waals surface area contributed by atoms with Crippen LogP contribution in [0.5, 0.6) is 0 Å². The Labute approximate surface area is 186 Å². The fraction of sp³-hybridized carbons (Fsp3) is 0.652. The highest BCUT2D eigenvalue weighted by molar-refractivity contribution is 9.10. The standard InChI is InChI=1S/C23H37BBrNO2Si/c1-15(2)29(16(3)4,17(5)6)26-14-19(18-12-11-13-20(25)21(18)26)24-27-22(7,8)23(9,10)28-24/h11-17H,1-10H3. The summed E-state index contributed by atoms with van der Waals surface area (Å²) >= 11 is 3.87. The van der Waals surface area contributed by atoms with E-state index in [9.17, 15) is 0 Å². The summed E-state index contributed by atoms with van der Waals surface area (Å²) < 4.78 is 16.7. The summed E-state index contributed by atoms with van der Waals surface area (Å²) in [7, 11) is -2.28. The van der Waals surface area contributed by atoms with E-state index in [2.05, 4.69) is 114 Å². The molecule has 0 amide bonds. The molecule has 3 rings (SSSR count). The number of nitrogens with zero attached hydrogens (tertiary/aromatic N) is 1. The first-order valence-corrected chi connectivity index (χ1v) is 13.9. The maximum Gasteiger partial charge on any atom is 0.497 e. The van der Waals surface area contributed by atoms with Gasteiger partial charge >= 0.3 is 7.12 Å². The van der Waals surface area contributed by atoms with E-state index in [0.29, 0.717) is 16.6 Å². The van der Waals surface area contributed by atoms with Gasteiger partial charge in [-0.1, -0.05) is 53.7 Å². The average molecular weight is 478 g/mol. The lowest BCUT2D eigenvalue weighted by atomic mass is 9.79. The molecular weight excluding hydrogens is 441 g/mol. The zero-order valence-corrected chi connectivity index (χ0v) is 22.3. The number of hydrogen-bond donors (Lipinski definition) is 0. The molecule has 1 aliphatic rings. The number of hydrogen-bond acceptors (Lipinski definition) is 2. The van der Waals surface area contributed by atoms with Crippen molar-refractivity contribution in [1.29, 1.82) is 0 Å². The molecule has 29 heavy (non-hydrogen) atoms. The summed E-state index contributed by atoms with van der Waals surface area (Å²) in [5.74, 6) is 0. The van der Waals surface area contributed by atoms with Gasteiger partial charge in [0.25, 0.3) is 0 Å². The molecule has 0 N–H and O–H groups in total. The van der Waals surface area contributed by atoms with E-state index in [1.807, 2.05) is 0 Å². The van der Waals surface area contributed by atoms with E-state index in [4.69, 9.17) is 9.31 Å². The summed E-state index contributed by atoms with van der Waals surface area (Å²) in [6, 6.07) is 6.50. The van der Waals surface area contributed by atoms with E-state index in [-0.39, 0.29) is 18.3 Å². The third-order valence-electron chi connectivity index (χ3n) is 7.51. The van der Waals surface area contributed by atoms with Crippen molar-refractivity contribution in [2.24, 2.45) is 0 Å². The van der Waals surface area contributed by atoms with Gasteiger partial charge < -0.3 is 13.5 Å². The van der Waals surface area contributed by atoms with Gasteiger partial charge in [0.1, 0.15) is 0 Å². The summed E-state index contributed by atoms with van der Waals surface area (Å²) in [5, 5.41) is 1.23. The highest BCUT2D eigenvalue weighted by Gasteiger charge is 2.53. The predicted octanol–water partition coefficient (Wildman–Crippen LogP) is 6.73. The summed E-state index contributed by atoms with van der Waals surface area (Å²) in [5.41, 5.74) is 3.57. The number of fused-ring (bicyclic) bond motifs is 1. The monoisotopic (exact) mass is 477 g/mol. The molecular formula is C23H37BBrNO2Si. The van der Waals surface area contributed by atoms with Gasteiger partial charge in [0.05, 0.1) is 16.7 Å². The highest BCUT2D eigenvalue weighted by atomic mass is 79.9. The summed E-state index contributed by atoms with van der Waals surface area (Å²) in [6.07, 6.45) is 2.36. The smallest absolute Gasteiger partial charge is 0.399 e. The average Bonchev–Trinajstić information content (AvgIpc) is 3.03. The molecule has 0 aliphatic carbocycles. The van der Waals surface area contributed by atoms with Gasteiger partial charge in [0.2, 0.25) is 0 Å².